The second-order valence-corrected chi connectivity index (χ2v) is 5.93. The lowest BCUT2D eigenvalue weighted by Crippen LogP contribution is -2.50. The number of nitrogens with zero attached hydrogens (tertiary/aromatic N) is 4. The van der Waals surface area contributed by atoms with Crippen LogP contribution in [0.5, 0.6) is 0 Å². The maximum Gasteiger partial charge on any atom is 0.289 e. The number of ketones is 1. The van der Waals surface area contributed by atoms with E-state index >= 15 is 0 Å². The van der Waals surface area contributed by atoms with Crippen molar-refractivity contribution in [1.82, 2.24) is 15.1 Å². The summed E-state index contributed by atoms with van der Waals surface area (Å²) in [6, 6.07) is 12.0. The van der Waals surface area contributed by atoms with Gasteiger partial charge in [0.05, 0.1) is 5.69 Å². The van der Waals surface area contributed by atoms with Gasteiger partial charge in [0, 0.05) is 38.7 Å². The minimum Gasteiger partial charge on any atom is -0.352 e. The highest BCUT2D eigenvalue weighted by atomic mass is 16.2. The van der Waals surface area contributed by atoms with E-state index in [1.165, 1.54) is 6.92 Å². The van der Waals surface area contributed by atoms with Crippen molar-refractivity contribution in [2.75, 3.05) is 31.1 Å². The molecule has 0 spiro atoms. The van der Waals surface area contributed by atoms with Crippen LogP contribution in [-0.2, 0) is 9.59 Å². The summed E-state index contributed by atoms with van der Waals surface area (Å²) in [7, 11) is 0. The number of aromatic nitrogens is 2. The Morgan fingerprint density at radius 1 is 0.958 bits per heavy atom. The zero-order valence-corrected chi connectivity index (χ0v) is 13.9. The van der Waals surface area contributed by atoms with Crippen LogP contribution >= 0.6 is 0 Å². The van der Waals surface area contributed by atoms with Crippen LogP contribution in [0.1, 0.15) is 12.5 Å². The van der Waals surface area contributed by atoms with E-state index in [2.05, 4.69) is 28.1 Å². The van der Waals surface area contributed by atoms with Crippen molar-refractivity contribution in [3.05, 3.63) is 42.0 Å². The lowest BCUT2D eigenvalue weighted by atomic mass is 10.1. The molecule has 2 aromatic rings. The number of benzene rings is 1. The molecule has 6 heteroatoms. The minimum absolute atomic E-state index is 0.407. The zero-order valence-electron chi connectivity index (χ0n) is 13.9. The van der Waals surface area contributed by atoms with Crippen LogP contribution < -0.4 is 4.90 Å². The molecule has 1 saturated heterocycles. The first-order valence-corrected chi connectivity index (χ1v) is 8.01. The normalized spacial score (nSPS) is 14.6. The first-order chi connectivity index (χ1) is 11.6. The third kappa shape index (κ3) is 3.27. The maximum atomic E-state index is 11.7. The summed E-state index contributed by atoms with van der Waals surface area (Å²) in [5, 5.41) is 8.67. The Bertz CT molecular complexity index is 750. The number of aryl methyl sites for hydroxylation is 1. The molecule has 0 N–H and O–H groups in total. The fraction of sp³-hybridized carbons (Fsp3) is 0.333. The Morgan fingerprint density at radius 2 is 1.67 bits per heavy atom. The quantitative estimate of drug-likeness (QED) is 0.804. The summed E-state index contributed by atoms with van der Waals surface area (Å²) in [4.78, 5) is 26.5. The van der Waals surface area contributed by atoms with E-state index in [-0.39, 0.29) is 0 Å². The summed E-state index contributed by atoms with van der Waals surface area (Å²) in [5.41, 5.74) is 3.09. The van der Waals surface area contributed by atoms with Crippen molar-refractivity contribution in [3.8, 4) is 11.3 Å². The van der Waals surface area contributed by atoms with Crippen molar-refractivity contribution in [1.29, 1.82) is 0 Å². The van der Waals surface area contributed by atoms with Gasteiger partial charge in [-0.15, -0.1) is 10.2 Å². The van der Waals surface area contributed by atoms with E-state index in [1.807, 2.05) is 30.3 Å². The van der Waals surface area contributed by atoms with E-state index in [1.54, 1.807) is 4.90 Å². The molecule has 2 heterocycles. The van der Waals surface area contributed by atoms with Gasteiger partial charge in [-0.05, 0) is 24.6 Å². The van der Waals surface area contributed by atoms with E-state index in [9.17, 15) is 9.59 Å². The third-order valence-electron chi connectivity index (χ3n) is 4.26. The molecule has 1 aromatic heterocycles. The Hall–Kier alpha value is -2.76. The molecule has 0 atom stereocenters. The first-order valence-electron chi connectivity index (χ1n) is 8.01. The number of rotatable bonds is 3. The molecule has 124 valence electrons. The van der Waals surface area contributed by atoms with Crippen LogP contribution in [0.2, 0.25) is 0 Å². The molecule has 1 aliphatic rings. The molecule has 1 amide bonds. The predicted molar refractivity (Wildman–Crippen MR) is 91.7 cm³/mol. The summed E-state index contributed by atoms with van der Waals surface area (Å²) in [6.07, 6.45) is 0. The molecule has 6 nitrogen and oxygen atoms in total. The molecule has 1 aromatic carbocycles. The summed E-state index contributed by atoms with van der Waals surface area (Å²) in [5.74, 6) is -0.0243. The van der Waals surface area contributed by atoms with Gasteiger partial charge in [-0.1, -0.05) is 24.3 Å². The Balaban J connectivity index is 1.68. The molecule has 1 fully saturated rings. The smallest absolute Gasteiger partial charge is 0.289 e. The summed E-state index contributed by atoms with van der Waals surface area (Å²) in [6.45, 7) is 5.72. The van der Waals surface area contributed by atoms with Gasteiger partial charge in [-0.25, -0.2) is 0 Å². The number of anilines is 1. The minimum atomic E-state index is -0.411. The largest absolute Gasteiger partial charge is 0.352 e. The van der Waals surface area contributed by atoms with Crippen LogP contribution in [0.15, 0.2) is 36.4 Å². The topological polar surface area (TPSA) is 66.4 Å². The Morgan fingerprint density at radius 3 is 2.25 bits per heavy atom. The SMILES string of the molecule is CC(=O)C(=O)N1CCN(c2ccc(-c3ccccc3C)nn2)CC1. The average Bonchev–Trinajstić information content (AvgIpc) is 2.62. The van der Waals surface area contributed by atoms with Crippen molar-refractivity contribution >= 4 is 17.5 Å². The summed E-state index contributed by atoms with van der Waals surface area (Å²) >= 11 is 0. The van der Waals surface area contributed by atoms with E-state index in [0.717, 1.165) is 22.6 Å². The second-order valence-electron chi connectivity index (χ2n) is 5.93. The predicted octanol–water partition coefficient (Wildman–Crippen LogP) is 1.69. The van der Waals surface area contributed by atoms with E-state index < -0.39 is 11.7 Å². The number of amides is 1. The highest BCUT2D eigenvalue weighted by molar-refractivity contribution is 6.35. The molecule has 1 aliphatic heterocycles. The van der Waals surface area contributed by atoms with Crippen molar-refractivity contribution in [2.24, 2.45) is 0 Å². The van der Waals surface area contributed by atoms with Crippen LogP contribution in [0.3, 0.4) is 0 Å². The van der Waals surface area contributed by atoms with Crippen LogP contribution in [0.25, 0.3) is 11.3 Å². The number of piperazine rings is 1. The third-order valence-corrected chi connectivity index (χ3v) is 4.26. The highest BCUT2D eigenvalue weighted by Crippen LogP contribution is 2.22. The van der Waals surface area contributed by atoms with Gasteiger partial charge in [-0.2, -0.15) is 0 Å². The number of hydrogen-bond acceptors (Lipinski definition) is 5. The molecular weight excluding hydrogens is 304 g/mol. The molecular formula is C18H20N4O2. The summed E-state index contributed by atoms with van der Waals surface area (Å²) < 4.78 is 0. The van der Waals surface area contributed by atoms with Crippen LogP contribution in [-0.4, -0.2) is 53.0 Å². The number of hydrogen-bond donors (Lipinski definition) is 0. The lowest BCUT2D eigenvalue weighted by molar-refractivity contribution is -0.143. The maximum absolute atomic E-state index is 11.7. The molecule has 0 radical (unpaired) electrons. The first kappa shape index (κ1) is 16.1. The fourth-order valence-corrected chi connectivity index (χ4v) is 2.86. The standard InChI is InChI=1S/C18H20N4O2/c1-13-5-3-4-6-15(13)16-7-8-17(20-19-16)21-9-11-22(12-10-21)18(24)14(2)23/h3-8H,9-12H2,1-2H3. The van der Waals surface area contributed by atoms with E-state index in [4.69, 9.17) is 0 Å². The van der Waals surface area contributed by atoms with Crippen LogP contribution in [0.4, 0.5) is 5.82 Å². The van der Waals surface area contributed by atoms with Crippen molar-refractivity contribution in [2.45, 2.75) is 13.8 Å². The number of carbonyl (C=O) groups excluding carboxylic acids is 2. The van der Waals surface area contributed by atoms with Gasteiger partial charge in [0.25, 0.3) is 5.91 Å². The number of Topliss-reactive ketones (excluding diaryl/α,β-unsaturated/α-hetero) is 1. The van der Waals surface area contributed by atoms with Crippen LogP contribution in [0, 0.1) is 6.92 Å². The Kier molecular flexibility index (Phi) is 4.55. The number of carbonyl (C=O) groups is 2. The average molecular weight is 324 g/mol. The van der Waals surface area contributed by atoms with Gasteiger partial charge in [0.1, 0.15) is 0 Å². The fourth-order valence-electron chi connectivity index (χ4n) is 2.86. The molecule has 0 aliphatic carbocycles. The zero-order chi connectivity index (χ0) is 17.1. The molecule has 0 unspecified atom stereocenters. The van der Waals surface area contributed by atoms with E-state index in [0.29, 0.717) is 26.2 Å². The highest BCUT2D eigenvalue weighted by Gasteiger charge is 2.24. The molecule has 24 heavy (non-hydrogen) atoms. The molecule has 0 saturated carbocycles. The van der Waals surface area contributed by atoms with Gasteiger partial charge in [0.15, 0.2) is 5.82 Å². The van der Waals surface area contributed by atoms with Crippen molar-refractivity contribution in [3.63, 3.8) is 0 Å². The van der Waals surface area contributed by atoms with Crippen molar-refractivity contribution < 1.29 is 9.59 Å². The van der Waals surface area contributed by atoms with Gasteiger partial charge < -0.3 is 9.80 Å². The lowest BCUT2D eigenvalue weighted by Gasteiger charge is -2.34. The molecule has 0 bridgehead atoms. The Labute approximate surface area is 141 Å². The van der Waals surface area contributed by atoms with Gasteiger partial charge >= 0.3 is 0 Å². The second kappa shape index (κ2) is 6.78. The monoisotopic (exact) mass is 324 g/mol. The molecule has 3 rings (SSSR count). The van der Waals surface area contributed by atoms with Gasteiger partial charge in [0.2, 0.25) is 5.78 Å². The van der Waals surface area contributed by atoms with Gasteiger partial charge in [-0.3, -0.25) is 9.59 Å².